The average Bonchev–Trinajstić information content (AvgIpc) is 2.87. The first-order chi connectivity index (χ1) is 9.02. The summed E-state index contributed by atoms with van der Waals surface area (Å²) in [5, 5.41) is 10.8. The van der Waals surface area contributed by atoms with E-state index in [-0.39, 0.29) is 11.6 Å². The lowest BCUT2D eigenvalue weighted by Gasteiger charge is -2.17. The van der Waals surface area contributed by atoms with Crippen LogP contribution in [0.2, 0.25) is 0 Å². The van der Waals surface area contributed by atoms with Crippen LogP contribution in [-0.2, 0) is 0 Å². The zero-order valence-electron chi connectivity index (χ0n) is 10.6. The highest BCUT2D eigenvalue weighted by atomic mass is 79.9. The molecule has 1 aliphatic rings. The fraction of sp³-hybridized carbons (Fsp3) is 0.462. The van der Waals surface area contributed by atoms with E-state index in [1.54, 1.807) is 11.0 Å². The molecule has 1 aromatic carbocycles. The molecular weight excluding hydrogens is 312 g/mol. The van der Waals surface area contributed by atoms with Gasteiger partial charge in [0.25, 0.3) is 11.6 Å². The molecule has 0 spiro atoms. The van der Waals surface area contributed by atoms with E-state index in [2.05, 4.69) is 22.9 Å². The number of amides is 1. The van der Waals surface area contributed by atoms with Gasteiger partial charge in [0, 0.05) is 29.7 Å². The van der Waals surface area contributed by atoms with Crippen molar-refractivity contribution in [2.75, 3.05) is 13.1 Å². The van der Waals surface area contributed by atoms with Crippen molar-refractivity contribution in [3.05, 3.63) is 38.3 Å². The zero-order chi connectivity index (χ0) is 14.0. The molecule has 2 rings (SSSR count). The van der Waals surface area contributed by atoms with Gasteiger partial charge >= 0.3 is 0 Å². The van der Waals surface area contributed by atoms with Crippen molar-refractivity contribution >= 4 is 27.5 Å². The Morgan fingerprint density at radius 1 is 1.58 bits per heavy atom. The van der Waals surface area contributed by atoms with Crippen LogP contribution in [0.4, 0.5) is 5.69 Å². The Bertz CT molecular complexity index is 519. The molecule has 1 saturated heterocycles. The molecular formula is C13H15BrN2O3. The number of halogens is 1. The minimum absolute atomic E-state index is 0.0576. The predicted octanol–water partition coefficient (Wildman–Crippen LogP) is 3.23. The van der Waals surface area contributed by atoms with Gasteiger partial charge in [-0.3, -0.25) is 14.9 Å². The molecule has 1 unspecified atom stereocenters. The molecule has 5 nitrogen and oxygen atoms in total. The van der Waals surface area contributed by atoms with Crippen LogP contribution < -0.4 is 0 Å². The second-order valence-corrected chi connectivity index (χ2v) is 5.59. The van der Waals surface area contributed by atoms with Crippen molar-refractivity contribution in [2.24, 2.45) is 5.92 Å². The van der Waals surface area contributed by atoms with Crippen LogP contribution in [0, 0.1) is 16.0 Å². The van der Waals surface area contributed by atoms with Gasteiger partial charge in [-0.15, -0.1) is 0 Å². The molecule has 0 bridgehead atoms. The van der Waals surface area contributed by atoms with Crippen molar-refractivity contribution in [1.82, 2.24) is 4.90 Å². The van der Waals surface area contributed by atoms with E-state index in [0.29, 0.717) is 16.0 Å². The highest BCUT2D eigenvalue weighted by molar-refractivity contribution is 9.10. The fourth-order valence-corrected chi connectivity index (χ4v) is 2.73. The van der Waals surface area contributed by atoms with Gasteiger partial charge in [0.15, 0.2) is 0 Å². The lowest BCUT2D eigenvalue weighted by atomic mass is 10.1. The molecule has 1 aromatic rings. The number of hydrogen-bond acceptors (Lipinski definition) is 3. The lowest BCUT2D eigenvalue weighted by Crippen LogP contribution is -2.29. The quantitative estimate of drug-likeness (QED) is 0.632. The van der Waals surface area contributed by atoms with Gasteiger partial charge in [0.05, 0.1) is 10.5 Å². The van der Waals surface area contributed by atoms with Gasteiger partial charge in [-0.05, 0) is 34.3 Å². The van der Waals surface area contributed by atoms with Crippen LogP contribution in [-0.4, -0.2) is 28.8 Å². The van der Waals surface area contributed by atoms with Crippen LogP contribution in [0.5, 0.6) is 0 Å². The van der Waals surface area contributed by atoms with E-state index in [1.165, 1.54) is 12.1 Å². The minimum Gasteiger partial charge on any atom is -0.338 e. The molecule has 19 heavy (non-hydrogen) atoms. The van der Waals surface area contributed by atoms with E-state index in [0.717, 1.165) is 25.9 Å². The summed E-state index contributed by atoms with van der Waals surface area (Å²) in [7, 11) is 0. The number of nitrogens with zero attached hydrogens (tertiary/aromatic N) is 2. The third-order valence-electron chi connectivity index (χ3n) is 3.54. The molecule has 1 fully saturated rings. The number of carbonyl (C=O) groups excluding carboxylic acids is 1. The van der Waals surface area contributed by atoms with Gasteiger partial charge in [0.2, 0.25) is 0 Å². The van der Waals surface area contributed by atoms with Crippen molar-refractivity contribution in [3.63, 3.8) is 0 Å². The number of hydrogen-bond donors (Lipinski definition) is 0. The fourth-order valence-electron chi connectivity index (χ4n) is 2.31. The van der Waals surface area contributed by atoms with Crippen molar-refractivity contribution in [3.8, 4) is 0 Å². The number of rotatable bonds is 3. The molecule has 1 heterocycles. The van der Waals surface area contributed by atoms with E-state index in [9.17, 15) is 14.9 Å². The summed E-state index contributed by atoms with van der Waals surface area (Å²) in [6.07, 6.45) is 2.06. The molecule has 0 saturated carbocycles. The predicted molar refractivity (Wildman–Crippen MR) is 75.1 cm³/mol. The van der Waals surface area contributed by atoms with Gasteiger partial charge in [0.1, 0.15) is 0 Å². The van der Waals surface area contributed by atoms with Crippen molar-refractivity contribution in [1.29, 1.82) is 0 Å². The SMILES string of the molecule is CCC1CCN(C(=O)c2cc([N+](=O)[O-])ccc2Br)C1. The Kier molecular flexibility index (Phi) is 4.19. The van der Waals surface area contributed by atoms with Crippen LogP contribution in [0.25, 0.3) is 0 Å². The smallest absolute Gasteiger partial charge is 0.270 e. The van der Waals surface area contributed by atoms with E-state index in [4.69, 9.17) is 0 Å². The Morgan fingerprint density at radius 3 is 2.89 bits per heavy atom. The first-order valence-corrected chi connectivity index (χ1v) is 7.05. The number of nitro benzene ring substituents is 1. The van der Waals surface area contributed by atoms with E-state index < -0.39 is 4.92 Å². The number of likely N-dealkylation sites (tertiary alicyclic amines) is 1. The van der Waals surface area contributed by atoms with Gasteiger partial charge in [-0.25, -0.2) is 0 Å². The molecule has 0 N–H and O–H groups in total. The lowest BCUT2D eigenvalue weighted by molar-refractivity contribution is -0.384. The monoisotopic (exact) mass is 326 g/mol. The third kappa shape index (κ3) is 2.94. The Hall–Kier alpha value is -1.43. The summed E-state index contributed by atoms with van der Waals surface area (Å²) >= 11 is 3.29. The number of carbonyl (C=O) groups is 1. The van der Waals surface area contributed by atoms with Crippen LogP contribution in [0.15, 0.2) is 22.7 Å². The Balaban J connectivity index is 2.24. The van der Waals surface area contributed by atoms with Crippen LogP contribution >= 0.6 is 15.9 Å². The minimum atomic E-state index is -0.484. The normalized spacial score (nSPS) is 18.6. The highest BCUT2D eigenvalue weighted by Crippen LogP contribution is 2.27. The standard InChI is InChI=1S/C13H15BrN2O3/c1-2-9-5-6-15(8-9)13(17)11-7-10(16(18)19)3-4-12(11)14/h3-4,7,9H,2,5-6,8H2,1H3. The van der Waals surface area contributed by atoms with Gasteiger partial charge < -0.3 is 4.90 Å². The zero-order valence-corrected chi connectivity index (χ0v) is 12.2. The Morgan fingerprint density at radius 2 is 2.32 bits per heavy atom. The van der Waals surface area contributed by atoms with E-state index in [1.807, 2.05) is 0 Å². The second kappa shape index (κ2) is 5.69. The number of non-ortho nitro benzene ring substituents is 1. The summed E-state index contributed by atoms with van der Waals surface area (Å²) in [5.41, 5.74) is 0.309. The average molecular weight is 327 g/mol. The molecule has 6 heteroatoms. The largest absolute Gasteiger partial charge is 0.338 e. The molecule has 0 aromatic heterocycles. The van der Waals surface area contributed by atoms with E-state index >= 15 is 0 Å². The number of benzene rings is 1. The molecule has 0 radical (unpaired) electrons. The third-order valence-corrected chi connectivity index (χ3v) is 4.23. The highest BCUT2D eigenvalue weighted by Gasteiger charge is 2.27. The second-order valence-electron chi connectivity index (χ2n) is 4.74. The molecule has 1 atom stereocenters. The summed E-state index contributed by atoms with van der Waals surface area (Å²) in [4.78, 5) is 24.4. The van der Waals surface area contributed by atoms with Crippen LogP contribution in [0.3, 0.4) is 0 Å². The Labute approximate surface area is 119 Å². The van der Waals surface area contributed by atoms with Crippen molar-refractivity contribution in [2.45, 2.75) is 19.8 Å². The summed E-state index contributed by atoms with van der Waals surface area (Å²) < 4.78 is 0.600. The maximum Gasteiger partial charge on any atom is 0.270 e. The number of nitro groups is 1. The maximum absolute atomic E-state index is 12.4. The van der Waals surface area contributed by atoms with Crippen molar-refractivity contribution < 1.29 is 9.72 Å². The first-order valence-electron chi connectivity index (χ1n) is 6.26. The maximum atomic E-state index is 12.4. The molecule has 1 amide bonds. The van der Waals surface area contributed by atoms with Gasteiger partial charge in [-0.2, -0.15) is 0 Å². The summed E-state index contributed by atoms with van der Waals surface area (Å²) in [6, 6.07) is 4.28. The molecule has 102 valence electrons. The molecule has 0 aliphatic carbocycles. The van der Waals surface area contributed by atoms with Crippen LogP contribution in [0.1, 0.15) is 30.1 Å². The summed E-state index contributed by atoms with van der Waals surface area (Å²) in [6.45, 7) is 3.58. The van der Waals surface area contributed by atoms with Gasteiger partial charge in [-0.1, -0.05) is 13.3 Å². The first kappa shape index (κ1) is 14.0. The summed E-state index contributed by atoms with van der Waals surface area (Å²) in [5.74, 6) is 0.410. The topological polar surface area (TPSA) is 63.5 Å². The molecule has 1 aliphatic heterocycles.